The molecule has 1 aromatic carbocycles. The number of hydrogen-bond acceptors (Lipinski definition) is 6. The molecular weight excluding hydrogens is 463 g/mol. The second kappa shape index (κ2) is 10.1. The van der Waals surface area contributed by atoms with E-state index < -0.39 is 0 Å². The Morgan fingerprint density at radius 2 is 1.97 bits per heavy atom. The average Bonchev–Trinajstić information content (AvgIpc) is 3.52. The smallest absolute Gasteiger partial charge is 0.253 e. The predicted octanol–water partition coefficient (Wildman–Crippen LogP) is 4.14. The number of rotatable bonds is 7. The van der Waals surface area contributed by atoms with Crippen LogP contribution in [0.15, 0.2) is 55.0 Å². The fraction of sp³-hybridized carbons (Fsp3) is 0.269. The van der Waals surface area contributed by atoms with Gasteiger partial charge in [0.25, 0.3) is 5.91 Å². The zero-order valence-electron chi connectivity index (χ0n) is 19.7. The van der Waals surface area contributed by atoms with E-state index in [-0.39, 0.29) is 30.3 Å². The quantitative estimate of drug-likeness (QED) is 0.405. The molecule has 5 rings (SSSR count). The maximum atomic E-state index is 13.9. The van der Waals surface area contributed by atoms with Crippen molar-refractivity contribution in [3.63, 3.8) is 0 Å². The number of fused-ring (bicyclic) bond motifs is 1. The van der Waals surface area contributed by atoms with Gasteiger partial charge >= 0.3 is 0 Å². The molecule has 1 fully saturated rings. The molecule has 10 heteroatoms. The van der Waals surface area contributed by atoms with Crippen molar-refractivity contribution in [2.24, 2.45) is 0 Å². The van der Waals surface area contributed by atoms with E-state index in [4.69, 9.17) is 4.74 Å². The lowest BCUT2D eigenvalue weighted by molar-refractivity contribution is -0.114. The number of amides is 2. The minimum atomic E-state index is -0.385. The zero-order chi connectivity index (χ0) is 25.1. The lowest BCUT2D eigenvalue weighted by Crippen LogP contribution is -2.24. The number of imidazole rings is 1. The SMILES string of the molecule is CC(=O)Nc1cn2nc(-c3cncc(C(=O)NCc4cc(F)ccc4OC4CCCC4)c3)ccc2n1. The Bertz CT molecular complexity index is 1430. The predicted molar refractivity (Wildman–Crippen MR) is 131 cm³/mol. The Morgan fingerprint density at radius 1 is 1.14 bits per heavy atom. The van der Waals surface area contributed by atoms with Gasteiger partial charge in [0.2, 0.25) is 5.91 Å². The highest BCUT2D eigenvalue weighted by atomic mass is 19.1. The van der Waals surface area contributed by atoms with Gasteiger partial charge in [-0.25, -0.2) is 13.9 Å². The van der Waals surface area contributed by atoms with Crippen LogP contribution in [0.1, 0.15) is 48.5 Å². The van der Waals surface area contributed by atoms with Crippen LogP contribution in [0.25, 0.3) is 16.9 Å². The highest BCUT2D eigenvalue weighted by molar-refractivity contribution is 5.95. The van der Waals surface area contributed by atoms with Crippen LogP contribution in [0.5, 0.6) is 5.75 Å². The molecule has 9 nitrogen and oxygen atoms in total. The number of carbonyl (C=O) groups is 2. The van der Waals surface area contributed by atoms with Crippen molar-refractivity contribution >= 4 is 23.3 Å². The van der Waals surface area contributed by atoms with Crippen molar-refractivity contribution < 1.29 is 18.7 Å². The van der Waals surface area contributed by atoms with Crippen molar-refractivity contribution in [3.05, 3.63) is 71.9 Å². The van der Waals surface area contributed by atoms with E-state index in [0.29, 0.717) is 39.6 Å². The summed E-state index contributed by atoms with van der Waals surface area (Å²) in [5.41, 5.74) is 2.70. The van der Waals surface area contributed by atoms with E-state index in [1.807, 2.05) is 0 Å². The highest BCUT2D eigenvalue weighted by Crippen LogP contribution is 2.27. The standard InChI is InChI=1S/C26H25FN6O3/c1-16(34)30-24-15-33-25(31-24)9-7-22(32-33)17-10-19(13-28-12-17)26(35)29-14-18-11-20(27)6-8-23(18)36-21-4-2-3-5-21/h6-13,15,21H,2-5,14H2,1H3,(H,29,35)(H,30,34). The molecular formula is C26H25FN6O3. The van der Waals surface area contributed by atoms with Crippen LogP contribution < -0.4 is 15.4 Å². The summed E-state index contributed by atoms with van der Waals surface area (Å²) in [4.78, 5) is 32.7. The first kappa shape index (κ1) is 23.4. The van der Waals surface area contributed by atoms with E-state index in [0.717, 1.165) is 25.7 Å². The number of nitrogens with zero attached hydrogens (tertiary/aromatic N) is 4. The molecule has 1 aliphatic rings. The van der Waals surface area contributed by atoms with Crippen molar-refractivity contribution in [2.45, 2.75) is 45.3 Å². The third-order valence-corrected chi connectivity index (χ3v) is 5.98. The van der Waals surface area contributed by atoms with Gasteiger partial charge in [0, 0.05) is 37.0 Å². The van der Waals surface area contributed by atoms with Gasteiger partial charge in [-0.2, -0.15) is 5.10 Å². The minimum absolute atomic E-state index is 0.119. The molecule has 2 N–H and O–H groups in total. The van der Waals surface area contributed by atoms with Crippen molar-refractivity contribution in [1.82, 2.24) is 24.9 Å². The molecule has 0 aliphatic heterocycles. The molecule has 0 radical (unpaired) electrons. The third kappa shape index (κ3) is 5.32. The van der Waals surface area contributed by atoms with E-state index in [2.05, 4.69) is 25.7 Å². The summed E-state index contributed by atoms with van der Waals surface area (Å²) in [6, 6.07) is 9.58. The summed E-state index contributed by atoms with van der Waals surface area (Å²) in [5, 5.41) is 9.97. The molecule has 0 spiro atoms. The Hall–Kier alpha value is -4.34. The summed E-state index contributed by atoms with van der Waals surface area (Å²) in [5.74, 6) is 0.0253. The number of benzene rings is 1. The monoisotopic (exact) mass is 488 g/mol. The first-order valence-corrected chi connectivity index (χ1v) is 11.8. The molecule has 0 atom stereocenters. The van der Waals surface area contributed by atoms with Crippen LogP contribution in [0, 0.1) is 5.82 Å². The molecule has 0 bridgehead atoms. The van der Waals surface area contributed by atoms with Gasteiger partial charge in [0.1, 0.15) is 11.6 Å². The number of nitrogens with one attached hydrogen (secondary N) is 2. The van der Waals surface area contributed by atoms with Gasteiger partial charge < -0.3 is 15.4 Å². The highest BCUT2D eigenvalue weighted by Gasteiger charge is 2.19. The Balaban J connectivity index is 1.31. The van der Waals surface area contributed by atoms with Gasteiger partial charge in [-0.3, -0.25) is 14.6 Å². The minimum Gasteiger partial charge on any atom is -0.490 e. The van der Waals surface area contributed by atoms with E-state index in [1.54, 1.807) is 41.2 Å². The largest absolute Gasteiger partial charge is 0.490 e. The topological polar surface area (TPSA) is 111 Å². The van der Waals surface area contributed by atoms with Crippen LogP contribution >= 0.6 is 0 Å². The summed E-state index contributed by atoms with van der Waals surface area (Å²) < 4.78 is 21.5. The summed E-state index contributed by atoms with van der Waals surface area (Å²) in [6.45, 7) is 1.52. The van der Waals surface area contributed by atoms with Crippen LogP contribution in [-0.4, -0.2) is 37.5 Å². The summed E-state index contributed by atoms with van der Waals surface area (Å²) in [6.07, 6.45) is 9.02. The maximum absolute atomic E-state index is 13.9. The second-order valence-corrected chi connectivity index (χ2v) is 8.75. The fourth-order valence-electron chi connectivity index (χ4n) is 4.25. The summed E-state index contributed by atoms with van der Waals surface area (Å²) >= 11 is 0. The second-order valence-electron chi connectivity index (χ2n) is 8.75. The van der Waals surface area contributed by atoms with E-state index in [9.17, 15) is 14.0 Å². The normalized spacial score (nSPS) is 13.6. The van der Waals surface area contributed by atoms with Gasteiger partial charge in [-0.1, -0.05) is 0 Å². The van der Waals surface area contributed by atoms with Crippen LogP contribution in [-0.2, 0) is 11.3 Å². The molecule has 2 amide bonds. The molecule has 1 saturated carbocycles. The van der Waals surface area contributed by atoms with E-state index in [1.165, 1.54) is 25.3 Å². The van der Waals surface area contributed by atoms with Crippen LogP contribution in [0.4, 0.5) is 10.2 Å². The average molecular weight is 489 g/mol. The zero-order valence-corrected chi connectivity index (χ0v) is 19.7. The van der Waals surface area contributed by atoms with Crippen LogP contribution in [0.3, 0.4) is 0 Å². The number of pyridine rings is 1. The van der Waals surface area contributed by atoms with Crippen molar-refractivity contribution in [1.29, 1.82) is 0 Å². The molecule has 0 saturated heterocycles. The first-order chi connectivity index (χ1) is 17.4. The van der Waals surface area contributed by atoms with Gasteiger partial charge in [0.05, 0.1) is 23.6 Å². The number of anilines is 1. The van der Waals surface area contributed by atoms with Crippen molar-refractivity contribution in [2.75, 3.05) is 5.32 Å². The Labute approximate surface area is 206 Å². The maximum Gasteiger partial charge on any atom is 0.253 e. The molecule has 1 aliphatic carbocycles. The Morgan fingerprint density at radius 3 is 2.78 bits per heavy atom. The first-order valence-electron chi connectivity index (χ1n) is 11.8. The Kier molecular flexibility index (Phi) is 6.57. The molecule has 36 heavy (non-hydrogen) atoms. The number of halogens is 1. The van der Waals surface area contributed by atoms with Crippen LogP contribution in [0.2, 0.25) is 0 Å². The fourth-order valence-corrected chi connectivity index (χ4v) is 4.25. The molecule has 3 aromatic heterocycles. The lowest BCUT2D eigenvalue weighted by atomic mass is 10.1. The van der Waals surface area contributed by atoms with Crippen molar-refractivity contribution in [3.8, 4) is 17.0 Å². The number of aromatic nitrogens is 4. The number of hydrogen-bond donors (Lipinski definition) is 2. The molecule has 0 unspecified atom stereocenters. The number of ether oxygens (including phenoxy) is 1. The van der Waals surface area contributed by atoms with E-state index >= 15 is 0 Å². The lowest BCUT2D eigenvalue weighted by Gasteiger charge is -2.17. The number of carbonyl (C=O) groups excluding carboxylic acids is 2. The summed E-state index contributed by atoms with van der Waals surface area (Å²) in [7, 11) is 0. The van der Waals surface area contributed by atoms with Gasteiger partial charge in [-0.15, -0.1) is 0 Å². The van der Waals surface area contributed by atoms with Gasteiger partial charge in [0.15, 0.2) is 11.5 Å². The van der Waals surface area contributed by atoms with Gasteiger partial charge in [-0.05, 0) is 62.1 Å². The molecule has 3 heterocycles. The molecule has 184 valence electrons. The third-order valence-electron chi connectivity index (χ3n) is 5.98. The molecule has 4 aromatic rings.